The smallest absolute Gasteiger partial charge is 0.240 e. The fourth-order valence-corrected chi connectivity index (χ4v) is 2.58. The van der Waals surface area contributed by atoms with Gasteiger partial charge in [0.2, 0.25) is 5.95 Å². The SMILES string of the molecule is Cc1c(-c2cnn(-c3ccccc3)c2)ccc2nc(N)nn12. The van der Waals surface area contributed by atoms with E-state index in [1.807, 2.05) is 66.5 Å². The highest BCUT2D eigenvalue weighted by Crippen LogP contribution is 2.24. The van der Waals surface area contributed by atoms with Crippen LogP contribution < -0.4 is 5.73 Å². The molecule has 6 heteroatoms. The van der Waals surface area contributed by atoms with Gasteiger partial charge in [-0.3, -0.25) is 0 Å². The maximum atomic E-state index is 5.67. The summed E-state index contributed by atoms with van der Waals surface area (Å²) in [4.78, 5) is 4.17. The molecule has 0 unspecified atom stereocenters. The molecule has 0 atom stereocenters. The number of nitrogen functional groups attached to an aromatic ring is 1. The van der Waals surface area contributed by atoms with Crippen LogP contribution in [0.1, 0.15) is 5.69 Å². The molecule has 1 aromatic carbocycles. The van der Waals surface area contributed by atoms with Crippen LogP contribution in [0.2, 0.25) is 0 Å². The summed E-state index contributed by atoms with van der Waals surface area (Å²) in [5, 5.41) is 8.66. The highest BCUT2D eigenvalue weighted by atomic mass is 15.3. The van der Waals surface area contributed by atoms with Crippen molar-refractivity contribution in [2.75, 3.05) is 5.73 Å². The Kier molecular flexibility index (Phi) is 2.69. The molecule has 0 aliphatic carbocycles. The van der Waals surface area contributed by atoms with E-state index in [2.05, 4.69) is 15.2 Å². The third kappa shape index (κ3) is 1.93. The lowest BCUT2D eigenvalue weighted by Crippen LogP contribution is -1.97. The second-order valence-corrected chi connectivity index (χ2v) is 5.08. The Balaban J connectivity index is 1.83. The van der Waals surface area contributed by atoms with Gasteiger partial charge in [0.15, 0.2) is 5.65 Å². The van der Waals surface area contributed by atoms with Gasteiger partial charge in [-0.15, -0.1) is 5.10 Å². The van der Waals surface area contributed by atoms with E-state index >= 15 is 0 Å². The molecule has 0 bridgehead atoms. The van der Waals surface area contributed by atoms with Crippen molar-refractivity contribution < 1.29 is 0 Å². The minimum Gasteiger partial charge on any atom is -0.366 e. The first-order valence-electron chi connectivity index (χ1n) is 6.95. The van der Waals surface area contributed by atoms with Crippen LogP contribution in [0.25, 0.3) is 22.5 Å². The molecule has 0 saturated heterocycles. The Morgan fingerprint density at radius 3 is 2.68 bits per heavy atom. The minimum atomic E-state index is 0.278. The zero-order valence-corrected chi connectivity index (χ0v) is 12.0. The molecule has 0 radical (unpaired) electrons. The number of nitrogens with zero attached hydrogens (tertiary/aromatic N) is 5. The number of anilines is 1. The number of hydrogen-bond donors (Lipinski definition) is 1. The molecule has 0 amide bonds. The lowest BCUT2D eigenvalue weighted by molar-refractivity contribution is 0.880. The molecule has 0 aliphatic rings. The Morgan fingerprint density at radius 1 is 1.05 bits per heavy atom. The van der Waals surface area contributed by atoms with Crippen LogP contribution in [0.5, 0.6) is 0 Å². The molecule has 2 N–H and O–H groups in total. The standard InChI is InChI=1S/C16H14N6/c1-11-14(7-8-15-19-16(17)20-22(11)15)12-9-18-21(10-12)13-5-3-2-4-6-13/h2-10H,1H3,(H2,17,20). The van der Waals surface area contributed by atoms with Crippen molar-refractivity contribution in [3.63, 3.8) is 0 Å². The van der Waals surface area contributed by atoms with Crippen molar-refractivity contribution in [1.82, 2.24) is 24.4 Å². The fourth-order valence-electron chi connectivity index (χ4n) is 2.58. The van der Waals surface area contributed by atoms with E-state index in [0.29, 0.717) is 0 Å². The number of para-hydroxylation sites is 1. The quantitative estimate of drug-likeness (QED) is 0.615. The molecular formula is C16H14N6. The molecule has 0 fully saturated rings. The second kappa shape index (κ2) is 4.70. The lowest BCUT2D eigenvalue weighted by Gasteiger charge is -2.04. The van der Waals surface area contributed by atoms with Crippen LogP contribution in [-0.2, 0) is 0 Å². The van der Waals surface area contributed by atoms with E-state index in [0.717, 1.165) is 28.2 Å². The average Bonchev–Trinajstić information content (AvgIpc) is 3.15. The first kappa shape index (κ1) is 12.6. The molecule has 108 valence electrons. The third-order valence-electron chi connectivity index (χ3n) is 3.67. The predicted octanol–water partition coefficient (Wildman–Crippen LogP) is 2.47. The summed E-state index contributed by atoms with van der Waals surface area (Å²) in [6.45, 7) is 2.00. The van der Waals surface area contributed by atoms with E-state index in [-0.39, 0.29) is 5.95 Å². The van der Waals surface area contributed by atoms with Crippen LogP contribution in [0.4, 0.5) is 5.95 Å². The molecular weight excluding hydrogens is 276 g/mol. The number of aryl methyl sites for hydroxylation is 1. The number of rotatable bonds is 2. The summed E-state index contributed by atoms with van der Waals surface area (Å²) in [6, 6.07) is 13.9. The van der Waals surface area contributed by atoms with Crippen molar-refractivity contribution in [3.8, 4) is 16.8 Å². The number of benzene rings is 1. The van der Waals surface area contributed by atoms with Crippen LogP contribution in [-0.4, -0.2) is 24.4 Å². The van der Waals surface area contributed by atoms with Crippen LogP contribution in [0, 0.1) is 6.92 Å². The zero-order chi connectivity index (χ0) is 15.1. The first-order valence-corrected chi connectivity index (χ1v) is 6.95. The maximum Gasteiger partial charge on any atom is 0.240 e. The monoisotopic (exact) mass is 290 g/mol. The van der Waals surface area contributed by atoms with Gasteiger partial charge < -0.3 is 5.73 Å². The van der Waals surface area contributed by atoms with Gasteiger partial charge in [-0.1, -0.05) is 18.2 Å². The summed E-state index contributed by atoms with van der Waals surface area (Å²) in [6.07, 6.45) is 3.85. The average molecular weight is 290 g/mol. The van der Waals surface area contributed by atoms with E-state index in [1.165, 1.54) is 0 Å². The van der Waals surface area contributed by atoms with Gasteiger partial charge in [-0.25, -0.2) is 9.20 Å². The number of fused-ring (bicyclic) bond motifs is 1. The van der Waals surface area contributed by atoms with Gasteiger partial charge in [-0.05, 0) is 31.2 Å². The highest BCUT2D eigenvalue weighted by Gasteiger charge is 2.11. The number of hydrogen-bond acceptors (Lipinski definition) is 4. The number of nitrogens with two attached hydrogens (primary N) is 1. The highest BCUT2D eigenvalue weighted by molar-refractivity contribution is 5.67. The molecule has 0 aliphatic heterocycles. The van der Waals surface area contributed by atoms with Gasteiger partial charge in [-0.2, -0.15) is 10.1 Å². The molecule has 3 heterocycles. The Hall–Kier alpha value is -3.15. The predicted molar refractivity (Wildman–Crippen MR) is 84.7 cm³/mol. The Bertz CT molecular complexity index is 951. The normalized spacial score (nSPS) is 11.1. The van der Waals surface area contributed by atoms with Gasteiger partial charge in [0.05, 0.1) is 11.9 Å². The van der Waals surface area contributed by atoms with Crippen LogP contribution in [0.15, 0.2) is 54.9 Å². The fraction of sp³-hybridized carbons (Fsp3) is 0.0625. The molecule has 4 aromatic rings. The van der Waals surface area contributed by atoms with E-state index in [1.54, 1.807) is 4.52 Å². The number of aromatic nitrogens is 5. The molecule has 4 rings (SSSR count). The lowest BCUT2D eigenvalue weighted by atomic mass is 10.1. The van der Waals surface area contributed by atoms with Gasteiger partial charge in [0.1, 0.15) is 0 Å². The second-order valence-electron chi connectivity index (χ2n) is 5.08. The van der Waals surface area contributed by atoms with E-state index < -0.39 is 0 Å². The van der Waals surface area contributed by atoms with Crippen LogP contribution in [0.3, 0.4) is 0 Å². The zero-order valence-electron chi connectivity index (χ0n) is 12.0. The summed E-state index contributed by atoms with van der Waals surface area (Å²) < 4.78 is 3.61. The summed E-state index contributed by atoms with van der Waals surface area (Å²) in [7, 11) is 0. The van der Waals surface area contributed by atoms with Crippen molar-refractivity contribution in [3.05, 3.63) is 60.6 Å². The van der Waals surface area contributed by atoms with Crippen LogP contribution >= 0.6 is 0 Å². The van der Waals surface area contributed by atoms with Crippen molar-refractivity contribution in [2.45, 2.75) is 6.92 Å². The topological polar surface area (TPSA) is 74.0 Å². The minimum absolute atomic E-state index is 0.278. The maximum absolute atomic E-state index is 5.67. The molecule has 0 spiro atoms. The van der Waals surface area contributed by atoms with E-state index in [4.69, 9.17) is 5.73 Å². The van der Waals surface area contributed by atoms with Gasteiger partial charge in [0, 0.05) is 23.0 Å². The number of pyridine rings is 1. The van der Waals surface area contributed by atoms with Gasteiger partial charge >= 0.3 is 0 Å². The Morgan fingerprint density at radius 2 is 1.86 bits per heavy atom. The van der Waals surface area contributed by atoms with E-state index in [9.17, 15) is 0 Å². The van der Waals surface area contributed by atoms with Crippen molar-refractivity contribution >= 4 is 11.6 Å². The first-order chi connectivity index (χ1) is 10.7. The van der Waals surface area contributed by atoms with Crippen molar-refractivity contribution in [1.29, 1.82) is 0 Å². The summed E-state index contributed by atoms with van der Waals surface area (Å²) in [5.74, 6) is 0.278. The summed E-state index contributed by atoms with van der Waals surface area (Å²) in [5.41, 5.74) is 10.5. The third-order valence-corrected chi connectivity index (χ3v) is 3.67. The summed E-state index contributed by atoms with van der Waals surface area (Å²) >= 11 is 0. The molecule has 0 saturated carbocycles. The molecule has 22 heavy (non-hydrogen) atoms. The van der Waals surface area contributed by atoms with Crippen molar-refractivity contribution in [2.24, 2.45) is 0 Å². The molecule has 6 nitrogen and oxygen atoms in total. The largest absolute Gasteiger partial charge is 0.366 e. The Labute approximate surface area is 126 Å². The van der Waals surface area contributed by atoms with Gasteiger partial charge in [0.25, 0.3) is 0 Å². The molecule has 3 aromatic heterocycles.